The van der Waals surface area contributed by atoms with Crippen molar-refractivity contribution in [3.63, 3.8) is 0 Å². The van der Waals surface area contributed by atoms with Gasteiger partial charge >= 0.3 is 5.97 Å². The summed E-state index contributed by atoms with van der Waals surface area (Å²) in [5, 5.41) is 12.5. The van der Waals surface area contributed by atoms with E-state index in [2.05, 4.69) is 10.3 Å². The molecule has 0 radical (unpaired) electrons. The van der Waals surface area contributed by atoms with Gasteiger partial charge < -0.3 is 19.6 Å². The summed E-state index contributed by atoms with van der Waals surface area (Å²) in [6.45, 7) is 1.74. The first-order valence-corrected chi connectivity index (χ1v) is 10.1. The Kier molecular flexibility index (Phi) is 5.64. The SMILES string of the molecule is COc1ccc(N=C2NC(=O)/C(=C\c3ccc(-c4cccc(C(=O)O)c4C)o3)S2)cc1. The maximum Gasteiger partial charge on any atom is 0.335 e. The quantitative estimate of drug-likeness (QED) is 0.557. The molecule has 1 aliphatic heterocycles. The number of methoxy groups -OCH3 is 1. The predicted octanol–water partition coefficient (Wildman–Crippen LogP) is 4.85. The van der Waals surface area contributed by atoms with E-state index in [0.717, 1.165) is 5.75 Å². The van der Waals surface area contributed by atoms with Crippen LogP contribution < -0.4 is 10.1 Å². The minimum Gasteiger partial charge on any atom is -0.497 e. The summed E-state index contributed by atoms with van der Waals surface area (Å²) in [6.07, 6.45) is 1.64. The fourth-order valence-corrected chi connectivity index (χ4v) is 3.92. The Morgan fingerprint density at radius 3 is 2.65 bits per heavy atom. The first kappa shape index (κ1) is 20.5. The van der Waals surface area contributed by atoms with Crippen LogP contribution in [0.15, 0.2) is 68.9 Å². The molecular formula is C23H18N2O5S. The lowest BCUT2D eigenvalue weighted by Gasteiger charge is -2.05. The zero-order chi connectivity index (χ0) is 22.0. The minimum absolute atomic E-state index is 0.221. The van der Waals surface area contributed by atoms with Crippen molar-refractivity contribution in [1.82, 2.24) is 5.32 Å². The maximum atomic E-state index is 12.3. The molecule has 0 spiro atoms. The Balaban J connectivity index is 1.55. The first-order chi connectivity index (χ1) is 14.9. The molecular weight excluding hydrogens is 416 g/mol. The van der Waals surface area contributed by atoms with Crippen molar-refractivity contribution in [2.75, 3.05) is 7.11 Å². The number of rotatable bonds is 5. The van der Waals surface area contributed by atoms with E-state index in [0.29, 0.717) is 38.4 Å². The van der Waals surface area contributed by atoms with Crippen molar-refractivity contribution in [3.8, 4) is 17.1 Å². The molecule has 31 heavy (non-hydrogen) atoms. The van der Waals surface area contributed by atoms with Crippen molar-refractivity contribution in [2.45, 2.75) is 6.92 Å². The van der Waals surface area contributed by atoms with E-state index in [1.54, 1.807) is 74.7 Å². The Morgan fingerprint density at radius 2 is 1.94 bits per heavy atom. The molecule has 8 heteroatoms. The number of aromatic carboxylic acids is 1. The molecule has 0 atom stereocenters. The fourth-order valence-electron chi connectivity index (χ4n) is 3.09. The van der Waals surface area contributed by atoms with Crippen molar-refractivity contribution in [1.29, 1.82) is 0 Å². The van der Waals surface area contributed by atoms with E-state index in [9.17, 15) is 14.7 Å². The summed E-state index contributed by atoms with van der Waals surface area (Å²) in [5.74, 6) is 0.488. The highest BCUT2D eigenvalue weighted by atomic mass is 32.2. The van der Waals surface area contributed by atoms with Crippen LogP contribution >= 0.6 is 11.8 Å². The average molecular weight is 434 g/mol. The second-order valence-corrected chi connectivity index (χ2v) is 7.70. The molecule has 4 rings (SSSR count). The molecule has 7 nitrogen and oxygen atoms in total. The van der Waals surface area contributed by atoms with Gasteiger partial charge in [-0.25, -0.2) is 9.79 Å². The summed E-state index contributed by atoms with van der Waals surface area (Å²) in [4.78, 5) is 28.6. The van der Waals surface area contributed by atoms with Gasteiger partial charge in [0.05, 0.1) is 23.3 Å². The van der Waals surface area contributed by atoms with E-state index >= 15 is 0 Å². The van der Waals surface area contributed by atoms with Crippen LogP contribution in [0.3, 0.4) is 0 Å². The third kappa shape index (κ3) is 4.39. The number of carbonyl (C=O) groups excluding carboxylic acids is 1. The van der Waals surface area contributed by atoms with Crippen molar-refractivity contribution >= 4 is 40.6 Å². The molecule has 0 aliphatic carbocycles. The summed E-state index contributed by atoms with van der Waals surface area (Å²) in [6, 6.07) is 15.7. The van der Waals surface area contributed by atoms with Crippen molar-refractivity contribution in [2.24, 2.45) is 4.99 Å². The number of aliphatic imine (C=N–C) groups is 1. The molecule has 0 bridgehead atoms. The summed E-state index contributed by atoms with van der Waals surface area (Å²) < 4.78 is 11.0. The number of furan rings is 1. The van der Waals surface area contributed by atoms with E-state index in [1.165, 1.54) is 11.8 Å². The van der Waals surface area contributed by atoms with Gasteiger partial charge in [0.15, 0.2) is 5.17 Å². The minimum atomic E-state index is -0.990. The van der Waals surface area contributed by atoms with Crippen LogP contribution in [0.5, 0.6) is 5.75 Å². The van der Waals surface area contributed by atoms with Crippen LogP contribution in [0.25, 0.3) is 17.4 Å². The number of hydrogen-bond donors (Lipinski definition) is 2. The highest BCUT2D eigenvalue weighted by molar-refractivity contribution is 8.18. The number of amides is 1. The molecule has 2 aromatic carbocycles. The van der Waals surface area contributed by atoms with Gasteiger partial charge in [-0.3, -0.25) is 4.79 Å². The Bertz CT molecular complexity index is 1230. The number of carbonyl (C=O) groups is 2. The number of thioether (sulfide) groups is 1. The standard InChI is InChI=1S/C23H18N2O5S/c1-13-17(4-3-5-18(13)22(27)28)19-11-10-16(30-19)12-20-21(26)25-23(31-20)24-14-6-8-15(29-2)9-7-14/h3-12H,1-2H3,(H,27,28)(H,24,25,26)/b20-12+. The first-order valence-electron chi connectivity index (χ1n) is 9.31. The van der Waals surface area contributed by atoms with Gasteiger partial charge in [-0.2, -0.15) is 0 Å². The zero-order valence-corrected chi connectivity index (χ0v) is 17.5. The molecule has 1 fully saturated rings. The lowest BCUT2D eigenvalue weighted by molar-refractivity contribution is -0.115. The third-order valence-corrected chi connectivity index (χ3v) is 5.59. The molecule has 0 saturated carbocycles. The third-order valence-electron chi connectivity index (χ3n) is 4.68. The van der Waals surface area contributed by atoms with Crippen LogP contribution in [0, 0.1) is 6.92 Å². The van der Waals surface area contributed by atoms with Gasteiger partial charge in [-0.15, -0.1) is 0 Å². The summed E-state index contributed by atoms with van der Waals surface area (Å²) in [5.41, 5.74) is 2.22. The van der Waals surface area contributed by atoms with Crippen LogP contribution in [-0.2, 0) is 4.79 Å². The Hall–Kier alpha value is -3.78. The van der Waals surface area contributed by atoms with Crippen LogP contribution in [0.2, 0.25) is 0 Å². The normalized spacial score (nSPS) is 16.0. The van der Waals surface area contributed by atoms with Crippen LogP contribution in [0.1, 0.15) is 21.7 Å². The second-order valence-electron chi connectivity index (χ2n) is 6.67. The molecule has 2 N–H and O–H groups in total. The molecule has 2 heterocycles. The average Bonchev–Trinajstić information content (AvgIpc) is 3.35. The summed E-state index contributed by atoms with van der Waals surface area (Å²) in [7, 11) is 1.59. The number of hydrogen-bond acceptors (Lipinski definition) is 6. The Morgan fingerprint density at radius 1 is 1.16 bits per heavy atom. The molecule has 1 aliphatic rings. The number of ether oxygens (including phenoxy) is 1. The van der Waals surface area contributed by atoms with Gasteiger partial charge in [0.25, 0.3) is 5.91 Å². The highest BCUT2D eigenvalue weighted by Gasteiger charge is 2.24. The van der Waals surface area contributed by atoms with Gasteiger partial charge in [0, 0.05) is 11.6 Å². The predicted molar refractivity (Wildman–Crippen MR) is 120 cm³/mol. The van der Waals surface area contributed by atoms with Crippen LogP contribution in [0.4, 0.5) is 5.69 Å². The molecule has 1 saturated heterocycles. The van der Waals surface area contributed by atoms with Gasteiger partial charge in [-0.05, 0) is 66.7 Å². The highest BCUT2D eigenvalue weighted by Crippen LogP contribution is 2.32. The van der Waals surface area contributed by atoms with Crippen molar-refractivity contribution in [3.05, 3.63) is 76.4 Å². The van der Waals surface area contributed by atoms with Gasteiger partial charge in [0.2, 0.25) is 0 Å². The Labute approximate surface area is 182 Å². The molecule has 156 valence electrons. The number of nitrogens with zero attached hydrogens (tertiary/aromatic N) is 1. The van der Waals surface area contributed by atoms with Gasteiger partial charge in [-0.1, -0.05) is 12.1 Å². The second kappa shape index (κ2) is 8.53. The zero-order valence-electron chi connectivity index (χ0n) is 16.7. The number of benzene rings is 2. The molecule has 3 aromatic rings. The lowest BCUT2D eigenvalue weighted by atomic mass is 10.0. The fraction of sp³-hybridized carbons (Fsp3) is 0.0870. The van der Waals surface area contributed by atoms with Crippen LogP contribution in [-0.4, -0.2) is 29.3 Å². The molecule has 1 amide bonds. The van der Waals surface area contributed by atoms with E-state index in [-0.39, 0.29) is 11.5 Å². The molecule has 1 aromatic heterocycles. The molecule has 0 unspecified atom stereocenters. The smallest absolute Gasteiger partial charge is 0.335 e. The number of carboxylic acid groups (broad SMARTS) is 1. The van der Waals surface area contributed by atoms with E-state index in [1.807, 2.05) is 0 Å². The van der Waals surface area contributed by atoms with Crippen molar-refractivity contribution < 1.29 is 23.8 Å². The largest absolute Gasteiger partial charge is 0.497 e. The summed E-state index contributed by atoms with van der Waals surface area (Å²) >= 11 is 1.21. The van der Waals surface area contributed by atoms with Gasteiger partial charge in [0.1, 0.15) is 17.3 Å². The van der Waals surface area contributed by atoms with E-state index < -0.39 is 5.97 Å². The topological polar surface area (TPSA) is 101 Å². The lowest BCUT2D eigenvalue weighted by Crippen LogP contribution is -2.19. The van der Waals surface area contributed by atoms with E-state index in [4.69, 9.17) is 9.15 Å². The number of carboxylic acids is 1. The number of nitrogens with one attached hydrogen (secondary N) is 1. The monoisotopic (exact) mass is 434 g/mol. The number of amidine groups is 1. The maximum absolute atomic E-state index is 12.3.